The summed E-state index contributed by atoms with van der Waals surface area (Å²) in [5.74, 6) is 0.718. The maximum atomic E-state index is 13.3. The van der Waals surface area contributed by atoms with Crippen LogP contribution >= 0.6 is 0 Å². The van der Waals surface area contributed by atoms with Crippen molar-refractivity contribution in [2.24, 2.45) is 10.9 Å². The normalized spacial score (nSPS) is 13.5. The first-order valence-corrected chi connectivity index (χ1v) is 10.9. The van der Waals surface area contributed by atoms with E-state index in [-0.39, 0.29) is 11.3 Å². The number of nitrogens with one attached hydrogen (secondary N) is 1. The number of hydrogen-bond donors (Lipinski definition) is 1. The first-order valence-electron chi connectivity index (χ1n) is 10.9. The molecule has 2 nitrogen and oxygen atoms in total. The standard InChI is InChI=1S/C18H23F3N2.C8H16/c1-7-12(3)22-17(18(19,20)21)14(5)15(6)23-16-10-8-9-11(2)13(16)4;1-4-6-7-8(3)5-2/h8-10,23H,6-7H2,1-5H3;5,8H,2,4,6-7H2,1,3H3/b17-14+,22-12?;. The summed E-state index contributed by atoms with van der Waals surface area (Å²) >= 11 is 0. The lowest BCUT2D eigenvalue weighted by Crippen LogP contribution is -2.16. The van der Waals surface area contributed by atoms with Crippen LogP contribution in [0.1, 0.15) is 71.4 Å². The van der Waals surface area contributed by atoms with Gasteiger partial charge in [-0.15, -0.1) is 6.58 Å². The molecule has 0 saturated carbocycles. The van der Waals surface area contributed by atoms with Crippen molar-refractivity contribution in [3.8, 4) is 0 Å². The second-order valence-electron chi connectivity index (χ2n) is 7.88. The molecule has 0 aliphatic heterocycles. The Morgan fingerprint density at radius 2 is 1.81 bits per heavy atom. The fraction of sp³-hybridized carbons (Fsp3) is 0.500. The highest BCUT2D eigenvalue weighted by Gasteiger charge is 2.36. The summed E-state index contributed by atoms with van der Waals surface area (Å²) in [7, 11) is 0. The van der Waals surface area contributed by atoms with Crippen molar-refractivity contribution in [1.82, 2.24) is 0 Å². The zero-order chi connectivity index (χ0) is 24.2. The van der Waals surface area contributed by atoms with E-state index in [1.54, 1.807) is 13.8 Å². The van der Waals surface area contributed by atoms with Gasteiger partial charge >= 0.3 is 6.18 Å². The molecule has 1 aromatic carbocycles. The van der Waals surface area contributed by atoms with E-state index in [0.717, 1.165) is 22.7 Å². The minimum atomic E-state index is -4.52. The Balaban J connectivity index is 0.000000954. The van der Waals surface area contributed by atoms with Crippen LogP contribution in [0.2, 0.25) is 0 Å². The zero-order valence-electron chi connectivity index (χ0n) is 20.2. The van der Waals surface area contributed by atoms with Crippen molar-refractivity contribution in [3.63, 3.8) is 0 Å². The molecule has 5 heteroatoms. The lowest BCUT2D eigenvalue weighted by atomic mass is 10.1. The smallest absolute Gasteiger partial charge is 0.356 e. The van der Waals surface area contributed by atoms with Gasteiger partial charge in [-0.2, -0.15) is 13.2 Å². The summed E-state index contributed by atoms with van der Waals surface area (Å²) in [5, 5.41) is 2.97. The largest absolute Gasteiger partial charge is 0.433 e. The van der Waals surface area contributed by atoms with Gasteiger partial charge in [-0.05, 0) is 63.6 Å². The summed E-state index contributed by atoms with van der Waals surface area (Å²) in [6, 6.07) is 5.61. The minimum absolute atomic E-state index is 0.00814. The molecule has 0 spiro atoms. The van der Waals surface area contributed by atoms with E-state index in [4.69, 9.17) is 0 Å². The number of allylic oxidation sites excluding steroid dienone is 3. The van der Waals surface area contributed by atoms with Crippen LogP contribution in [0.15, 0.2) is 59.4 Å². The highest BCUT2D eigenvalue weighted by atomic mass is 19.4. The number of halogens is 3. The van der Waals surface area contributed by atoms with Gasteiger partial charge in [-0.1, -0.05) is 58.4 Å². The molecular formula is C26H39F3N2. The number of rotatable bonds is 9. The van der Waals surface area contributed by atoms with E-state index in [1.807, 2.05) is 38.1 Å². The second kappa shape index (κ2) is 13.9. The number of aliphatic imine (C=N–C) groups is 1. The number of anilines is 1. The van der Waals surface area contributed by atoms with Gasteiger partial charge in [-0.25, -0.2) is 0 Å². The van der Waals surface area contributed by atoms with Crippen LogP contribution in [0, 0.1) is 19.8 Å². The lowest BCUT2D eigenvalue weighted by Gasteiger charge is -2.17. The van der Waals surface area contributed by atoms with Crippen molar-refractivity contribution >= 4 is 11.4 Å². The van der Waals surface area contributed by atoms with E-state index in [0.29, 0.717) is 12.1 Å². The number of aryl methyl sites for hydroxylation is 1. The van der Waals surface area contributed by atoms with Crippen molar-refractivity contribution in [2.75, 3.05) is 5.32 Å². The third-order valence-electron chi connectivity index (χ3n) is 5.20. The Labute approximate surface area is 187 Å². The molecule has 174 valence electrons. The predicted octanol–water partition coefficient (Wildman–Crippen LogP) is 8.93. The van der Waals surface area contributed by atoms with E-state index < -0.39 is 11.9 Å². The van der Waals surface area contributed by atoms with Crippen molar-refractivity contribution < 1.29 is 13.2 Å². The molecule has 0 amide bonds. The van der Waals surface area contributed by atoms with Crippen LogP contribution in [-0.4, -0.2) is 11.9 Å². The minimum Gasteiger partial charge on any atom is -0.356 e. The molecule has 1 rings (SSSR count). The molecule has 1 N–H and O–H groups in total. The number of benzene rings is 1. The maximum absolute atomic E-state index is 13.3. The third-order valence-corrected chi connectivity index (χ3v) is 5.20. The Morgan fingerprint density at radius 1 is 1.19 bits per heavy atom. The lowest BCUT2D eigenvalue weighted by molar-refractivity contribution is -0.0930. The molecule has 0 aromatic heterocycles. The van der Waals surface area contributed by atoms with Crippen LogP contribution in [-0.2, 0) is 0 Å². The zero-order valence-corrected chi connectivity index (χ0v) is 20.2. The molecule has 0 saturated heterocycles. The van der Waals surface area contributed by atoms with Gasteiger partial charge in [0, 0.05) is 22.7 Å². The number of nitrogens with zero attached hydrogens (tertiary/aromatic N) is 1. The molecule has 1 unspecified atom stereocenters. The number of hydrogen-bond acceptors (Lipinski definition) is 2. The Bertz CT molecular complexity index is 786. The third kappa shape index (κ3) is 10.5. The summed E-state index contributed by atoms with van der Waals surface area (Å²) in [5.41, 5.74) is 2.48. The van der Waals surface area contributed by atoms with Crippen LogP contribution in [0.4, 0.5) is 18.9 Å². The molecule has 1 atom stereocenters. The molecule has 0 heterocycles. The topological polar surface area (TPSA) is 24.4 Å². The van der Waals surface area contributed by atoms with Gasteiger partial charge in [-0.3, -0.25) is 4.99 Å². The summed E-state index contributed by atoms with van der Waals surface area (Å²) < 4.78 is 39.8. The van der Waals surface area contributed by atoms with E-state index >= 15 is 0 Å². The predicted molar refractivity (Wildman–Crippen MR) is 130 cm³/mol. The second-order valence-corrected chi connectivity index (χ2v) is 7.88. The average molecular weight is 437 g/mol. The summed E-state index contributed by atoms with van der Waals surface area (Å²) in [6.45, 7) is 20.5. The van der Waals surface area contributed by atoms with Gasteiger partial charge in [0.05, 0.1) is 0 Å². The molecule has 0 bridgehead atoms. The van der Waals surface area contributed by atoms with Gasteiger partial charge in [0.1, 0.15) is 5.70 Å². The van der Waals surface area contributed by atoms with Crippen LogP contribution in [0.3, 0.4) is 0 Å². The van der Waals surface area contributed by atoms with Crippen LogP contribution in [0.25, 0.3) is 0 Å². The molecule has 31 heavy (non-hydrogen) atoms. The van der Waals surface area contributed by atoms with Gasteiger partial charge in [0.15, 0.2) is 0 Å². The van der Waals surface area contributed by atoms with Gasteiger partial charge in [0.2, 0.25) is 0 Å². The molecule has 1 aromatic rings. The molecule has 0 radical (unpaired) electrons. The van der Waals surface area contributed by atoms with Crippen molar-refractivity contribution in [2.45, 2.75) is 80.3 Å². The van der Waals surface area contributed by atoms with Gasteiger partial charge in [0.25, 0.3) is 0 Å². The summed E-state index contributed by atoms with van der Waals surface area (Å²) in [4.78, 5) is 3.74. The molecule has 0 aliphatic rings. The first kappa shape index (κ1) is 28.7. The number of alkyl halides is 3. The molecular weight excluding hydrogens is 397 g/mol. The van der Waals surface area contributed by atoms with Crippen molar-refractivity contribution in [1.29, 1.82) is 0 Å². The quantitative estimate of drug-likeness (QED) is 0.233. The van der Waals surface area contributed by atoms with Crippen LogP contribution in [0.5, 0.6) is 0 Å². The van der Waals surface area contributed by atoms with Gasteiger partial charge < -0.3 is 5.32 Å². The molecule has 0 aliphatic carbocycles. The van der Waals surface area contributed by atoms with Crippen molar-refractivity contribution in [3.05, 3.63) is 65.5 Å². The Kier molecular flexibility index (Phi) is 12.9. The SMILES string of the molecule is C=C(Nc1cccc(C)c1C)/C(C)=C(/N=C(C)CC)C(F)(F)F.C=CC(C)CCCC. The molecule has 0 fully saturated rings. The maximum Gasteiger partial charge on any atom is 0.433 e. The van der Waals surface area contributed by atoms with Crippen LogP contribution < -0.4 is 5.32 Å². The average Bonchev–Trinajstić information content (AvgIpc) is 2.72. The monoisotopic (exact) mass is 436 g/mol. The fourth-order valence-electron chi connectivity index (χ4n) is 2.56. The van der Waals surface area contributed by atoms with E-state index in [9.17, 15) is 13.2 Å². The highest BCUT2D eigenvalue weighted by Crippen LogP contribution is 2.32. The first-order chi connectivity index (χ1) is 14.4. The Hall–Kier alpha value is -2.30. The number of unbranched alkanes of at least 4 members (excludes halogenated alkanes) is 1. The summed E-state index contributed by atoms with van der Waals surface area (Å²) in [6.07, 6.45) is 1.91. The fourth-order valence-corrected chi connectivity index (χ4v) is 2.56. The van der Waals surface area contributed by atoms with E-state index in [1.165, 1.54) is 26.2 Å². The van der Waals surface area contributed by atoms with E-state index in [2.05, 4.69) is 37.3 Å². The Morgan fingerprint density at radius 3 is 2.29 bits per heavy atom. The highest BCUT2D eigenvalue weighted by molar-refractivity contribution is 5.82.